The molecule has 0 fully saturated rings. The summed E-state index contributed by atoms with van der Waals surface area (Å²) >= 11 is 6.03. The summed E-state index contributed by atoms with van der Waals surface area (Å²) in [6.07, 6.45) is 1.66. The SMILES string of the molecule is CC(C)OCCNC(=O)c1cnc(Cl)c2ccccc12. The van der Waals surface area contributed by atoms with E-state index in [1.54, 1.807) is 0 Å². The topological polar surface area (TPSA) is 51.2 Å². The van der Waals surface area contributed by atoms with Crippen molar-refractivity contribution in [3.8, 4) is 0 Å². The largest absolute Gasteiger partial charge is 0.377 e. The molecule has 106 valence electrons. The van der Waals surface area contributed by atoms with Gasteiger partial charge in [-0.25, -0.2) is 4.98 Å². The van der Waals surface area contributed by atoms with Crippen LogP contribution in [0, 0.1) is 0 Å². The van der Waals surface area contributed by atoms with Gasteiger partial charge >= 0.3 is 0 Å². The van der Waals surface area contributed by atoms with E-state index in [9.17, 15) is 4.79 Å². The van der Waals surface area contributed by atoms with Crippen LogP contribution in [-0.2, 0) is 4.74 Å². The molecule has 1 amide bonds. The Kier molecular flexibility index (Phi) is 4.93. The molecule has 0 atom stereocenters. The zero-order valence-corrected chi connectivity index (χ0v) is 12.3. The number of nitrogens with zero attached hydrogens (tertiary/aromatic N) is 1. The zero-order chi connectivity index (χ0) is 14.5. The normalized spacial score (nSPS) is 11.0. The number of carbonyl (C=O) groups excluding carboxylic acids is 1. The first kappa shape index (κ1) is 14.8. The average Bonchev–Trinajstić information content (AvgIpc) is 2.44. The quantitative estimate of drug-likeness (QED) is 0.681. The van der Waals surface area contributed by atoms with E-state index in [1.807, 2.05) is 38.1 Å². The highest BCUT2D eigenvalue weighted by molar-refractivity contribution is 6.34. The van der Waals surface area contributed by atoms with Crippen molar-refractivity contribution in [1.82, 2.24) is 10.3 Å². The predicted octanol–water partition coefficient (Wildman–Crippen LogP) is 3.04. The molecule has 1 N–H and O–H groups in total. The van der Waals surface area contributed by atoms with Crippen molar-refractivity contribution in [1.29, 1.82) is 0 Å². The van der Waals surface area contributed by atoms with Gasteiger partial charge in [-0.05, 0) is 19.2 Å². The fourth-order valence-electron chi connectivity index (χ4n) is 1.89. The third kappa shape index (κ3) is 3.46. The lowest BCUT2D eigenvalue weighted by Crippen LogP contribution is -2.28. The van der Waals surface area contributed by atoms with Crippen molar-refractivity contribution < 1.29 is 9.53 Å². The van der Waals surface area contributed by atoms with Crippen molar-refractivity contribution in [2.24, 2.45) is 0 Å². The molecule has 2 aromatic rings. The maximum atomic E-state index is 12.2. The van der Waals surface area contributed by atoms with Crippen molar-refractivity contribution in [3.05, 3.63) is 41.2 Å². The van der Waals surface area contributed by atoms with Gasteiger partial charge in [-0.1, -0.05) is 35.9 Å². The van der Waals surface area contributed by atoms with E-state index in [-0.39, 0.29) is 12.0 Å². The summed E-state index contributed by atoms with van der Waals surface area (Å²) in [4.78, 5) is 16.2. The molecule has 0 unspecified atom stereocenters. The summed E-state index contributed by atoms with van der Waals surface area (Å²) < 4.78 is 5.38. The number of carbonyl (C=O) groups is 1. The lowest BCUT2D eigenvalue weighted by molar-refractivity contribution is 0.0747. The molecule has 0 spiro atoms. The third-order valence-electron chi connectivity index (χ3n) is 2.83. The van der Waals surface area contributed by atoms with Crippen molar-refractivity contribution in [2.45, 2.75) is 20.0 Å². The molecule has 0 saturated carbocycles. The van der Waals surface area contributed by atoms with E-state index in [2.05, 4.69) is 10.3 Å². The maximum Gasteiger partial charge on any atom is 0.253 e. The zero-order valence-electron chi connectivity index (χ0n) is 11.5. The number of hydrogen-bond donors (Lipinski definition) is 1. The molecule has 1 heterocycles. The molecule has 0 aliphatic heterocycles. The minimum atomic E-state index is -0.169. The summed E-state index contributed by atoms with van der Waals surface area (Å²) in [6, 6.07) is 7.46. The van der Waals surface area contributed by atoms with Gasteiger partial charge in [-0.2, -0.15) is 0 Å². The Hall–Kier alpha value is -1.65. The van der Waals surface area contributed by atoms with E-state index in [0.29, 0.717) is 23.9 Å². The number of fused-ring (bicyclic) bond motifs is 1. The molecule has 0 saturated heterocycles. The molecular formula is C15H17ClN2O2. The Morgan fingerprint density at radius 3 is 2.75 bits per heavy atom. The van der Waals surface area contributed by atoms with E-state index in [4.69, 9.17) is 16.3 Å². The van der Waals surface area contributed by atoms with Gasteiger partial charge in [0.1, 0.15) is 5.15 Å². The Morgan fingerprint density at radius 1 is 1.35 bits per heavy atom. The number of benzene rings is 1. The highest BCUT2D eigenvalue weighted by Gasteiger charge is 2.12. The smallest absolute Gasteiger partial charge is 0.253 e. The molecule has 1 aromatic heterocycles. The average molecular weight is 293 g/mol. The summed E-state index contributed by atoms with van der Waals surface area (Å²) in [5, 5.41) is 4.80. The third-order valence-corrected chi connectivity index (χ3v) is 3.13. The van der Waals surface area contributed by atoms with Crippen LogP contribution in [0.4, 0.5) is 0 Å². The molecule has 0 bridgehead atoms. The molecule has 5 heteroatoms. The van der Waals surface area contributed by atoms with Gasteiger partial charge in [-0.15, -0.1) is 0 Å². The summed E-state index contributed by atoms with van der Waals surface area (Å²) in [5.74, 6) is -0.169. The number of rotatable bonds is 5. The number of amides is 1. The lowest BCUT2D eigenvalue weighted by Gasteiger charge is -2.10. The molecule has 0 aliphatic carbocycles. The van der Waals surface area contributed by atoms with Crippen LogP contribution >= 0.6 is 11.6 Å². The van der Waals surface area contributed by atoms with E-state index in [0.717, 1.165) is 10.8 Å². The minimum absolute atomic E-state index is 0.157. The highest BCUT2D eigenvalue weighted by Crippen LogP contribution is 2.23. The van der Waals surface area contributed by atoms with Crippen LogP contribution < -0.4 is 5.32 Å². The Bertz CT molecular complexity index is 614. The summed E-state index contributed by atoms with van der Waals surface area (Å²) in [7, 11) is 0. The van der Waals surface area contributed by atoms with Gasteiger partial charge in [0.25, 0.3) is 5.91 Å². The first-order chi connectivity index (χ1) is 9.59. The minimum Gasteiger partial charge on any atom is -0.377 e. The van der Waals surface area contributed by atoms with Crippen molar-refractivity contribution >= 4 is 28.3 Å². The van der Waals surface area contributed by atoms with Gasteiger partial charge in [0, 0.05) is 18.1 Å². The number of pyridine rings is 1. The Balaban J connectivity index is 2.12. The Morgan fingerprint density at radius 2 is 2.05 bits per heavy atom. The maximum absolute atomic E-state index is 12.2. The van der Waals surface area contributed by atoms with Crippen molar-refractivity contribution in [3.63, 3.8) is 0 Å². The van der Waals surface area contributed by atoms with Gasteiger partial charge in [-0.3, -0.25) is 4.79 Å². The lowest BCUT2D eigenvalue weighted by atomic mass is 10.1. The van der Waals surface area contributed by atoms with E-state index >= 15 is 0 Å². The van der Waals surface area contributed by atoms with Gasteiger partial charge < -0.3 is 10.1 Å². The Labute approximate surface area is 123 Å². The molecule has 4 nitrogen and oxygen atoms in total. The molecular weight excluding hydrogens is 276 g/mol. The fraction of sp³-hybridized carbons (Fsp3) is 0.333. The van der Waals surface area contributed by atoms with Crippen LogP contribution in [0.25, 0.3) is 10.8 Å². The van der Waals surface area contributed by atoms with E-state index in [1.165, 1.54) is 6.20 Å². The second kappa shape index (κ2) is 6.68. The second-order valence-electron chi connectivity index (χ2n) is 4.68. The molecule has 1 aromatic carbocycles. The van der Waals surface area contributed by atoms with Crippen LogP contribution in [-0.4, -0.2) is 30.1 Å². The molecule has 20 heavy (non-hydrogen) atoms. The highest BCUT2D eigenvalue weighted by atomic mass is 35.5. The van der Waals surface area contributed by atoms with Gasteiger partial charge in [0.15, 0.2) is 0 Å². The first-order valence-corrected chi connectivity index (χ1v) is 6.90. The number of halogens is 1. The molecule has 2 rings (SSSR count). The fourth-order valence-corrected chi connectivity index (χ4v) is 2.11. The second-order valence-corrected chi connectivity index (χ2v) is 5.04. The standard InChI is InChI=1S/C15H17ClN2O2/c1-10(2)20-8-7-17-15(19)13-9-18-14(16)12-6-4-3-5-11(12)13/h3-6,9-10H,7-8H2,1-2H3,(H,17,19). The van der Waals surface area contributed by atoms with Crippen LogP contribution in [0.1, 0.15) is 24.2 Å². The van der Waals surface area contributed by atoms with Crippen molar-refractivity contribution in [2.75, 3.05) is 13.2 Å². The van der Waals surface area contributed by atoms with Crippen LogP contribution in [0.3, 0.4) is 0 Å². The van der Waals surface area contributed by atoms with Crippen LogP contribution in [0.2, 0.25) is 5.15 Å². The predicted molar refractivity (Wildman–Crippen MR) is 80.2 cm³/mol. The molecule has 0 aliphatic rings. The van der Waals surface area contributed by atoms with E-state index < -0.39 is 0 Å². The summed E-state index contributed by atoms with van der Waals surface area (Å²) in [6.45, 7) is 4.87. The first-order valence-electron chi connectivity index (χ1n) is 6.52. The summed E-state index contributed by atoms with van der Waals surface area (Å²) in [5.41, 5.74) is 0.523. The number of hydrogen-bond acceptors (Lipinski definition) is 3. The number of aromatic nitrogens is 1. The van der Waals surface area contributed by atoms with Crippen LogP contribution in [0.5, 0.6) is 0 Å². The van der Waals surface area contributed by atoms with Gasteiger partial charge in [0.2, 0.25) is 0 Å². The molecule has 0 radical (unpaired) electrons. The van der Waals surface area contributed by atoms with Gasteiger partial charge in [0.05, 0.1) is 18.3 Å². The number of ether oxygens (including phenoxy) is 1. The monoisotopic (exact) mass is 292 g/mol. The number of nitrogens with one attached hydrogen (secondary N) is 1. The van der Waals surface area contributed by atoms with Crippen LogP contribution in [0.15, 0.2) is 30.5 Å².